The van der Waals surface area contributed by atoms with Gasteiger partial charge in [-0.2, -0.15) is 0 Å². The Morgan fingerprint density at radius 1 is 1.67 bits per heavy atom. The van der Waals surface area contributed by atoms with Gasteiger partial charge in [-0.05, 0) is 6.92 Å². The summed E-state index contributed by atoms with van der Waals surface area (Å²) in [6.45, 7) is 4.27. The van der Waals surface area contributed by atoms with Crippen molar-refractivity contribution in [2.75, 3.05) is 0 Å². The first kappa shape index (κ1) is 11.3. The van der Waals surface area contributed by atoms with Gasteiger partial charge in [-0.3, -0.25) is 0 Å². The molecule has 70 valence electrons. The average molecular weight is 196 g/mol. The van der Waals surface area contributed by atoms with Gasteiger partial charge in [0.25, 0.3) is 0 Å². The van der Waals surface area contributed by atoms with Gasteiger partial charge in [-0.15, -0.1) is 0 Å². The fraction of sp³-hybridized carbons (Fsp3) is 0.400. The molecule has 0 saturated carbocycles. The minimum atomic E-state index is -4.60. The van der Waals surface area contributed by atoms with E-state index in [1.807, 2.05) is 0 Å². The maximum Gasteiger partial charge on any atom is 0.472 e. The lowest BCUT2D eigenvalue weighted by Gasteiger charge is -2.12. The number of phosphoric ester groups is 1. The van der Waals surface area contributed by atoms with Gasteiger partial charge >= 0.3 is 13.8 Å². The third kappa shape index (κ3) is 6.06. The van der Waals surface area contributed by atoms with Crippen molar-refractivity contribution in [2.24, 2.45) is 0 Å². The van der Waals surface area contributed by atoms with E-state index in [1.54, 1.807) is 0 Å². The predicted octanol–water partition coefficient (Wildman–Crippen LogP) is 0.171. The minimum absolute atomic E-state index is 0.809. The van der Waals surface area contributed by atoms with Gasteiger partial charge in [0, 0.05) is 6.08 Å². The topological polar surface area (TPSA) is 93.1 Å². The number of hydrogen-bond donors (Lipinski definition) is 2. The van der Waals surface area contributed by atoms with Crippen molar-refractivity contribution in [1.82, 2.24) is 0 Å². The number of carbonyl (C=O) groups excluding carboxylic acids is 1. The fourth-order valence-electron chi connectivity index (χ4n) is 0.427. The number of hydrogen-bond acceptors (Lipinski definition) is 4. The second kappa shape index (κ2) is 4.37. The molecule has 0 aromatic carbocycles. The highest BCUT2D eigenvalue weighted by atomic mass is 31.2. The third-order valence-electron chi connectivity index (χ3n) is 0.735. The molecule has 0 aromatic rings. The Bertz CT molecular complexity index is 218. The predicted molar refractivity (Wildman–Crippen MR) is 38.9 cm³/mol. The van der Waals surface area contributed by atoms with Crippen LogP contribution in [0.4, 0.5) is 0 Å². The normalized spacial score (nSPS) is 13.6. The quantitative estimate of drug-likeness (QED) is 0.288. The summed E-state index contributed by atoms with van der Waals surface area (Å²) < 4.78 is 18.5. The molecule has 2 N–H and O–H groups in total. The molecule has 0 radical (unpaired) electrons. The molecule has 0 aliphatic rings. The van der Waals surface area contributed by atoms with Crippen LogP contribution < -0.4 is 0 Å². The molecule has 1 atom stereocenters. The zero-order valence-corrected chi connectivity index (χ0v) is 7.23. The standard InChI is InChI=1S/C5H9O6P/c1-3-5(6)10-4(2)11-12(7,8)9/h3-4H,1H2,2H3,(H2,7,8,9). The molecule has 12 heavy (non-hydrogen) atoms. The molecule has 0 bridgehead atoms. The van der Waals surface area contributed by atoms with Crippen molar-refractivity contribution in [3.05, 3.63) is 12.7 Å². The smallest absolute Gasteiger partial charge is 0.432 e. The Hall–Kier alpha value is -0.680. The van der Waals surface area contributed by atoms with Crippen LogP contribution in [0.15, 0.2) is 12.7 Å². The maximum absolute atomic E-state index is 10.4. The summed E-state index contributed by atoms with van der Waals surface area (Å²) in [5.74, 6) is -0.809. The molecule has 0 aromatic heterocycles. The average Bonchev–Trinajstić information content (AvgIpc) is 1.82. The highest BCUT2D eigenvalue weighted by Gasteiger charge is 2.20. The Balaban J connectivity index is 3.90. The lowest BCUT2D eigenvalue weighted by atomic mass is 10.6. The molecule has 0 heterocycles. The molecular weight excluding hydrogens is 187 g/mol. The largest absolute Gasteiger partial charge is 0.472 e. The lowest BCUT2D eigenvalue weighted by molar-refractivity contribution is -0.156. The van der Waals surface area contributed by atoms with E-state index in [1.165, 1.54) is 6.92 Å². The molecule has 0 rings (SSSR count). The van der Waals surface area contributed by atoms with Crippen LogP contribution in [0.25, 0.3) is 0 Å². The first-order valence-electron chi connectivity index (χ1n) is 2.92. The molecule has 0 aliphatic carbocycles. The van der Waals surface area contributed by atoms with E-state index in [0.29, 0.717) is 0 Å². The van der Waals surface area contributed by atoms with Gasteiger partial charge in [-0.25, -0.2) is 13.9 Å². The summed E-state index contributed by atoms with van der Waals surface area (Å²) in [6.07, 6.45) is -0.434. The fourth-order valence-corrected chi connectivity index (χ4v) is 0.856. The second-order valence-electron chi connectivity index (χ2n) is 1.80. The highest BCUT2D eigenvalue weighted by molar-refractivity contribution is 7.46. The van der Waals surface area contributed by atoms with E-state index in [-0.39, 0.29) is 0 Å². The Morgan fingerprint density at radius 3 is 2.50 bits per heavy atom. The summed E-state index contributed by atoms with van der Waals surface area (Å²) in [7, 11) is -4.60. The molecular formula is C5H9O6P. The van der Waals surface area contributed by atoms with Crippen LogP contribution >= 0.6 is 7.82 Å². The summed E-state index contributed by atoms with van der Waals surface area (Å²) in [4.78, 5) is 26.9. The number of ether oxygens (including phenoxy) is 1. The van der Waals surface area contributed by atoms with Crippen LogP contribution in [-0.2, 0) is 18.6 Å². The van der Waals surface area contributed by atoms with Crippen molar-refractivity contribution in [2.45, 2.75) is 13.2 Å². The molecule has 0 spiro atoms. The number of rotatable bonds is 4. The first-order chi connectivity index (χ1) is 5.35. The van der Waals surface area contributed by atoms with Crippen LogP contribution in [0, 0.1) is 0 Å². The maximum atomic E-state index is 10.4. The van der Waals surface area contributed by atoms with Crippen molar-refractivity contribution in [1.29, 1.82) is 0 Å². The van der Waals surface area contributed by atoms with E-state index in [4.69, 9.17) is 9.79 Å². The van der Waals surface area contributed by atoms with E-state index in [2.05, 4.69) is 15.8 Å². The lowest BCUT2D eigenvalue weighted by Crippen LogP contribution is -2.15. The van der Waals surface area contributed by atoms with E-state index >= 15 is 0 Å². The van der Waals surface area contributed by atoms with E-state index < -0.39 is 20.1 Å². The minimum Gasteiger partial charge on any atom is -0.432 e. The van der Waals surface area contributed by atoms with Crippen LogP contribution in [0.2, 0.25) is 0 Å². The van der Waals surface area contributed by atoms with Crippen LogP contribution in [0.3, 0.4) is 0 Å². The van der Waals surface area contributed by atoms with Gasteiger partial charge in [0.2, 0.25) is 6.29 Å². The molecule has 0 aliphatic heterocycles. The zero-order valence-electron chi connectivity index (χ0n) is 6.34. The summed E-state index contributed by atoms with van der Waals surface area (Å²) >= 11 is 0. The van der Waals surface area contributed by atoms with Crippen molar-refractivity contribution < 1.29 is 28.4 Å². The highest BCUT2D eigenvalue weighted by Crippen LogP contribution is 2.37. The molecule has 0 saturated heterocycles. The first-order valence-corrected chi connectivity index (χ1v) is 4.45. The number of phosphoric acid groups is 1. The van der Waals surface area contributed by atoms with Crippen LogP contribution in [0.5, 0.6) is 0 Å². The van der Waals surface area contributed by atoms with Gasteiger partial charge in [0.15, 0.2) is 0 Å². The van der Waals surface area contributed by atoms with Crippen LogP contribution in [0.1, 0.15) is 6.92 Å². The monoisotopic (exact) mass is 196 g/mol. The zero-order chi connectivity index (χ0) is 9.78. The molecule has 0 amide bonds. The summed E-state index contributed by atoms with van der Waals surface area (Å²) in [5, 5.41) is 0. The van der Waals surface area contributed by atoms with Crippen molar-refractivity contribution in [3.63, 3.8) is 0 Å². The third-order valence-corrected chi connectivity index (χ3v) is 1.31. The molecule has 6 nitrogen and oxygen atoms in total. The number of carbonyl (C=O) groups is 1. The molecule has 0 fully saturated rings. The summed E-state index contributed by atoms with van der Waals surface area (Å²) in [5.41, 5.74) is 0. The summed E-state index contributed by atoms with van der Waals surface area (Å²) in [6, 6.07) is 0. The Labute approximate surface area is 69.0 Å². The van der Waals surface area contributed by atoms with Gasteiger partial charge in [0.05, 0.1) is 0 Å². The SMILES string of the molecule is C=CC(=O)OC(C)OP(=O)(O)O. The van der Waals surface area contributed by atoms with Gasteiger partial charge < -0.3 is 14.5 Å². The van der Waals surface area contributed by atoms with Gasteiger partial charge in [-0.1, -0.05) is 6.58 Å². The van der Waals surface area contributed by atoms with Gasteiger partial charge in [0.1, 0.15) is 0 Å². The molecule has 1 unspecified atom stereocenters. The van der Waals surface area contributed by atoms with Crippen molar-refractivity contribution >= 4 is 13.8 Å². The second-order valence-corrected chi connectivity index (χ2v) is 3.00. The Morgan fingerprint density at radius 2 is 2.17 bits per heavy atom. The Kier molecular flexibility index (Phi) is 4.12. The van der Waals surface area contributed by atoms with E-state index in [0.717, 1.165) is 6.08 Å². The number of esters is 1. The van der Waals surface area contributed by atoms with Crippen LogP contribution in [-0.4, -0.2) is 22.0 Å². The molecule has 7 heteroatoms. The van der Waals surface area contributed by atoms with Crippen molar-refractivity contribution in [3.8, 4) is 0 Å². The van der Waals surface area contributed by atoms with E-state index in [9.17, 15) is 9.36 Å².